The van der Waals surface area contributed by atoms with Crippen molar-refractivity contribution in [3.63, 3.8) is 0 Å². The minimum atomic E-state index is -0.0599. The number of benzene rings is 1. The first-order chi connectivity index (χ1) is 9.17. The van der Waals surface area contributed by atoms with E-state index in [9.17, 15) is 4.79 Å². The Kier molecular flexibility index (Phi) is 3.99. The van der Waals surface area contributed by atoms with E-state index in [0.717, 1.165) is 12.1 Å². The summed E-state index contributed by atoms with van der Waals surface area (Å²) in [7, 11) is 4.70. The third kappa shape index (κ3) is 2.83. The van der Waals surface area contributed by atoms with Gasteiger partial charge in [0.1, 0.15) is 0 Å². The van der Waals surface area contributed by atoms with Crippen molar-refractivity contribution in [2.75, 3.05) is 26.6 Å². The van der Waals surface area contributed by atoms with E-state index in [1.807, 2.05) is 12.1 Å². The highest BCUT2D eigenvalue weighted by Crippen LogP contribution is 2.40. The zero-order valence-electron chi connectivity index (χ0n) is 11.3. The van der Waals surface area contributed by atoms with Crippen LogP contribution >= 0.6 is 0 Å². The number of rotatable bonds is 5. The molecule has 0 aromatic heterocycles. The second-order valence-electron chi connectivity index (χ2n) is 4.22. The molecule has 6 nitrogen and oxygen atoms in total. The van der Waals surface area contributed by atoms with Crippen molar-refractivity contribution in [1.82, 2.24) is 5.32 Å². The van der Waals surface area contributed by atoms with Gasteiger partial charge < -0.3 is 24.8 Å². The zero-order valence-corrected chi connectivity index (χ0v) is 11.3. The molecular formula is C13H18N2O4. The predicted molar refractivity (Wildman–Crippen MR) is 70.9 cm³/mol. The summed E-state index contributed by atoms with van der Waals surface area (Å²) >= 11 is 0. The van der Waals surface area contributed by atoms with Crippen molar-refractivity contribution in [2.24, 2.45) is 0 Å². The van der Waals surface area contributed by atoms with Crippen molar-refractivity contribution >= 4 is 11.6 Å². The quantitative estimate of drug-likeness (QED) is 0.842. The van der Waals surface area contributed by atoms with E-state index in [0.29, 0.717) is 23.7 Å². The molecule has 1 amide bonds. The Morgan fingerprint density at radius 1 is 1.16 bits per heavy atom. The van der Waals surface area contributed by atoms with E-state index in [4.69, 9.17) is 14.2 Å². The average molecular weight is 266 g/mol. The lowest BCUT2D eigenvalue weighted by Crippen LogP contribution is -2.32. The highest BCUT2D eigenvalue weighted by molar-refractivity contribution is 5.79. The van der Waals surface area contributed by atoms with Crippen LogP contribution in [-0.4, -0.2) is 33.4 Å². The van der Waals surface area contributed by atoms with E-state index in [1.54, 1.807) is 21.3 Å². The molecule has 1 fully saturated rings. The summed E-state index contributed by atoms with van der Waals surface area (Å²) in [6, 6.07) is 3.62. The van der Waals surface area contributed by atoms with Gasteiger partial charge in [0.15, 0.2) is 11.5 Å². The van der Waals surface area contributed by atoms with Gasteiger partial charge in [0, 0.05) is 24.2 Å². The number of nitrogens with one attached hydrogen (secondary N) is 2. The first kappa shape index (κ1) is 13.3. The molecular weight excluding hydrogens is 248 g/mol. The van der Waals surface area contributed by atoms with Gasteiger partial charge in [-0.05, 0) is 6.42 Å². The monoisotopic (exact) mass is 266 g/mol. The second kappa shape index (κ2) is 5.69. The molecule has 1 aromatic rings. The third-order valence-electron chi connectivity index (χ3n) is 3.00. The first-order valence-electron chi connectivity index (χ1n) is 6.04. The molecule has 0 saturated carbocycles. The first-order valence-corrected chi connectivity index (χ1v) is 6.04. The van der Waals surface area contributed by atoms with Gasteiger partial charge in [-0.25, -0.2) is 0 Å². The van der Waals surface area contributed by atoms with Crippen LogP contribution in [0.1, 0.15) is 12.8 Å². The van der Waals surface area contributed by atoms with Crippen LogP contribution in [0.5, 0.6) is 17.2 Å². The van der Waals surface area contributed by atoms with Crippen LogP contribution in [0, 0.1) is 0 Å². The Morgan fingerprint density at radius 2 is 1.79 bits per heavy atom. The van der Waals surface area contributed by atoms with E-state index in [-0.39, 0.29) is 12.1 Å². The molecule has 0 aliphatic carbocycles. The summed E-state index contributed by atoms with van der Waals surface area (Å²) in [5.74, 6) is 1.76. The number of anilines is 1. The van der Waals surface area contributed by atoms with Gasteiger partial charge in [-0.1, -0.05) is 0 Å². The summed E-state index contributed by atoms with van der Waals surface area (Å²) in [5, 5.41) is 6.07. The number of amides is 1. The molecule has 104 valence electrons. The topological polar surface area (TPSA) is 68.8 Å². The minimum absolute atomic E-state index is 0.0599. The lowest BCUT2D eigenvalue weighted by molar-refractivity contribution is -0.119. The zero-order chi connectivity index (χ0) is 13.8. The molecule has 2 rings (SSSR count). The van der Waals surface area contributed by atoms with E-state index >= 15 is 0 Å². The van der Waals surface area contributed by atoms with E-state index in [2.05, 4.69) is 10.6 Å². The van der Waals surface area contributed by atoms with Gasteiger partial charge in [0.05, 0.1) is 27.5 Å². The molecule has 0 radical (unpaired) electrons. The molecule has 1 aliphatic heterocycles. The summed E-state index contributed by atoms with van der Waals surface area (Å²) in [5.41, 5.74) is 0.807. The molecule has 0 spiro atoms. The molecule has 0 bridgehead atoms. The van der Waals surface area contributed by atoms with Crippen molar-refractivity contribution in [3.05, 3.63) is 12.1 Å². The maximum absolute atomic E-state index is 11.2. The van der Waals surface area contributed by atoms with Crippen molar-refractivity contribution in [1.29, 1.82) is 0 Å². The van der Waals surface area contributed by atoms with Crippen molar-refractivity contribution in [2.45, 2.75) is 19.0 Å². The van der Waals surface area contributed by atoms with Gasteiger partial charge in [-0.2, -0.15) is 0 Å². The summed E-state index contributed by atoms with van der Waals surface area (Å²) in [4.78, 5) is 11.2. The average Bonchev–Trinajstić information content (AvgIpc) is 2.82. The van der Waals surface area contributed by atoms with Gasteiger partial charge in [0.25, 0.3) is 0 Å². The molecule has 1 aromatic carbocycles. The van der Waals surface area contributed by atoms with Crippen LogP contribution < -0.4 is 24.8 Å². The standard InChI is InChI=1S/C13H18N2O4/c1-17-9-6-8(7-10(18-2)13(9)19-3)14-11-4-5-12(16)15-11/h6-7,11,14H,4-5H2,1-3H3,(H,15,16)/t11-/m1/s1. The maximum Gasteiger partial charge on any atom is 0.221 e. The van der Waals surface area contributed by atoms with Crippen LogP contribution in [0.4, 0.5) is 5.69 Å². The lowest BCUT2D eigenvalue weighted by Gasteiger charge is -2.18. The van der Waals surface area contributed by atoms with Crippen LogP contribution in [0.3, 0.4) is 0 Å². The largest absolute Gasteiger partial charge is 0.493 e. The van der Waals surface area contributed by atoms with Gasteiger partial charge in [-0.3, -0.25) is 4.79 Å². The maximum atomic E-state index is 11.2. The number of methoxy groups -OCH3 is 3. The lowest BCUT2D eigenvalue weighted by atomic mass is 10.2. The summed E-state index contributed by atoms with van der Waals surface area (Å²) in [6.07, 6.45) is 1.24. The smallest absolute Gasteiger partial charge is 0.221 e. The Hall–Kier alpha value is -2.11. The summed E-state index contributed by atoms with van der Waals surface area (Å²) in [6.45, 7) is 0. The van der Waals surface area contributed by atoms with Gasteiger partial charge in [0.2, 0.25) is 11.7 Å². The Bertz CT molecular complexity index is 451. The number of carbonyl (C=O) groups is 1. The Labute approximate surface area is 112 Å². The highest BCUT2D eigenvalue weighted by atomic mass is 16.5. The molecule has 1 aliphatic rings. The minimum Gasteiger partial charge on any atom is -0.493 e. The van der Waals surface area contributed by atoms with Crippen LogP contribution in [0.25, 0.3) is 0 Å². The van der Waals surface area contributed by atoms with Gasteiger partial charge in [-0.15, -0.1) is 0 Å². The van der Waals surface area contributed by atoms with Crippen LogP contribution in [-0.2, 0) is 4.79 Å². The fraction of sp³-hybridized carbons (Fsp3) is 0.462. The third-order valence-corrected chi connectivity index (χ3v) is 3.00. The molecule has 1 atom stereocenters. The number of carbonyl (C=O) groups excluding carboxylic acids is 1. The highest BCUT2D eigenvalue weighted by Gasteiger charge is 2.21. The van der Waals surface area contributed by atoms with Crippen molar-refractivity contribution < 1.29 is 19.0 Å². The van der Waals surface area contributed by atoms with Crippen LogP contribution in [0.2, 0.25) is 0 Å². The molecule has 2 N–H and O–H groups in total. The fourth-order valence-corrected chi connectivity index (χ4v) is 2.09. The van der Waals surface area contributed by atoms with Crippen molar-refractivity contribution in [3.8, 4) is 17.2 Å². The Morgan fingerprint density at radius 3 is 2.21 bits per heavy atom. The number of ether oxygens (including phenoxy) is 3. The van der Waals surface area contributed by atoms with Gasteiger partial charge >= 0.3 is 0 Å². The molecule has 0 unspecified atom stereocenters. The van der Waals surface area contributed by atoms with Crippen LogP contribution in [0.15, 0.2) is 12.1 Å². The normalized spacial score (nSPS) is 17.8. The molecule has 19 heavy (non-hydrogen) atoms. The molecule has 1 saturated heterocycles. The number of hydrogen-bond donors (Lipinski definition) is 2. The molecule has 6 heteroatoms. The summed E-state index contributed by atoms with van der Waals surface area (Å²) < 4.78 is 15.8. The SMILES string of the molecule is COc1cc(N[C@H]2CCC(=O)N2)cc(OC)c1OC. The number of hydrogen-bond acceptors (Lipinski definition) is 5. The van der Waals surface area contributed by atoms with E-state index < -0.39 is 0 Å². The predicted octanol–water partition coefficient (Wildman–Crippen LogP) is 1.36. The van der Waals surface area contributed by atoms with E-state index in [1.165, 1.54) is 0 Å². The fourth-order valence-electron chi connectivity index (χ4n) is 2.09. The Balaban J connectivity index is 2.23. The molecule has 1 heterocycles. The second-order valence-corrected chi connectivity index (χ2v) is 4.22.